The number of carbonyl (C=O) groups is 1. The van der Waals surface area contributed by atoms with E-state index in [1.165, 1.54) is 6.07 Å². The third-order valence-electron chi connectivity index (χ3n) is 5.83. The first kappa shape index (κ1) is 23.2. The molecule has 4 N–H and O–H groups in total. The Balaban J connectivity index is 0.000000202. The van der Waals surface area contributed by atoms with Crippen LogP contribution >= 0.6 is 12.4 Å². The fourth-order valence-electron chi connectivity index (χ4n) is 3.75. The van der Waals surface area contributed by atoms with Gasteiger partial charge in [-0.3, -0.25) is 4.79 Å². The Morgan fingerprint density at radius 3 is 1.62 bits per heavy atom. The molecule has 158 valence electrons. The summed E-state index contributed by atoms with van der Waals surface area (Å²) >= 11 is 0. The summed E-state index contributed by atoms with van der Waals surface area (Å²) < 4.78 is 52.5. The fourth-order valence-corrected chi connectivity index (χ4v) is 3.75. The molecule has 2 aliphatic carbocycles. The minimum absolute atomic E-state index is 0. The lowest BCUT2D eigenvalue weighted by atomic mass is 9.64. The van der Waals surface area contributed by atoms with Gasteiger partial charge < -0.3 is 11.5 Å². The summed E-state index contributed by atoms with van der Waals surface area (Å²) in [5.41, 5.74) is 9.96. The van der Waals surface area contributed by atoms with Gasteiger partial charge in [-0.05, 0) is 68.5 Å². The van der Waals surface area contributed by atoms with Crippen LogP contribution in [0.4, 0.5) is 17.6 Å². The molecule has 0 bridgehead atoms. The van der Waals surface area contributed by atoms with E-state index in [0.717, 1.165) is 56.0 Å². The van der Waals surface area contributed by atoms with Gasteiger partial charge in [-0.15, -0.1) is 12.4 Å². The van der Waals surface area contributed by atoms with Crippen LogP contribution in [-0.4, -0.2) is 5.91 Å². The summed E-state index contributed by atoms with van der Waals surface area (Å²) in [7, 11) is 0. The second-order valence-corrected chi connectivity index (χ2v) is 7.56. The Hall–Kier alpha value is -2.12. The molecule has 0 aromatic heterocycles. The number of hydrogen-bond acceptors (Lipinski definition) is 2. The first-order valence-electron chi connectivity index (χ1n) is 9.18. The van der Waals surface area contributed by atoms with E-state index >= 15 is 0 Å². The molecule has 4 rings (SSSR count). The topological polar surface area (TPSA) is 69.1 Å². The number of carbonyl (C=O) groups excluding carboxylic acids is 1. The molecular weight excluding hydrogens is 408 g/mol. The first-order chi connectivity index (χ1) is 13.2. The number of benzene rings is 2. The van der Waals surface area contributed by atoms with Gasteiger partial charge in [0.15, 0.2) is 0 Å². The standard InChI is InChI=1S/C11H11F2NO.C10H11F2N.ClH/c12-7-2-3-9(13)8(6-7)11(10(14)15)4-1-5-11;11-7-2-3-9(12)8(6-7)10(13)4-1-5-10;/h2-3,6H,1,4-5H2,(H2,14,15);2-3,6H,1,4-5,13H2;1H. The van der Waals surface area contributed by atoms with Crippen LogP contribution in [0.3, 0.4) is 0 Å². The van der Waals surface area contributed by atoms with Crippen molar-refractivity contribution < 1.29 is 22.4 Å². The fraction of sp³-hybridized carbons (Fsp3) is 0.381. The maximum Gasteiger partial charge on any atom is 0.228 e. The number of hydrogen-bond donors (Lipinski definition) is 2. The molecule has 0 spiro atoms. The summed E-state index contributed by atoms with van der Waals surface area (Å²) in [4.78, 5) is 11.3. The van der Waals surface area contributed by atoms with Crippen molar-refractivity contribution in [3.8, 4) is 0 Å². The Bertz CT molecular complexity index is 898. The van der Waals surface area contributed by atoms with Crippen molar-refractivity contribution in [2.45, 2.75) is 49.5 Å². The maximum absolute atomic E-state index is 13.5. The van der Waals surface area contributed by atoms with Gasteiger partial charge in [-0.1, -0.05) is 6.42 Å². The molecule has 1 amide bonds. The van der Waals surface area contributed by atoms with Crippen molar-refractivity contribution in [3.63, 3.8) is 0 Å². The van der Waals surface area contributed by atoms with Crippen molar-refractivity contribution in [2.24, 2.45) is 11.5 Å². The Labute approximate surface area is 172 Å². The van der Waals surface area contributed by atoms with Gasteiger partial charge in [0, 0.05) is 16.7 Å². The van der Waals surface area contributed by atoms with E-state index in [2.05, 4.69) is 0 Å². The lowest BCUT2D eigenvalue weighted by molar-refractivity contribution is -0.126. The zero-order valence-corrected chi connectivity index (χ0v) is 16.5. The quantitative estimate of drug-likeness (QED) is 0.699. The molecule has 0 aliphatic heterocycles. The molecule has 0 heterocycles. The van der Waals surface area contributed by atoms with Gasteiger partial charge >= 0.3 is 0 Å². The van der Waals surface area contributed by atoms with Crippen LogP contribution in [0.1, 0.15) is 49.7 Å². The van der Waals surface area contributed by atoms with Crippen LogP contribution in [0.5, 0.6) is 0 Å². The predicted octanol–water partition coefficient (Wildman–Crippen LogP) is 4.60. The van der Waals surface area contributed by atoms with E-state index in [4.69, 9.17) is 11.5 Å². The van der Waals surface area contributed by atoms with Crippen molar-refractivity contribution in [2.75, 3.05) is 0 Å². The van der Waals surface area contributed by atoms with Gasteiger partial charge in [0.05, 0.1) is 5.41 Å². The lowest BCUT2D eigenvalue weighted by Gasteiger charge is -2.39. The summed E-state index contributed by atoms with van der Waals surface area (Å²) in [6.07, 6.45) is 4.30. The lowest BCUT2D eigenvalue weighted by Crippen LogP contribution is -2.47. The van der Waals surface area contributed by atoms with Crippen LogP contribution in [-0.2, 0) is 15.7 Å². The van der Waals surface area contributed by atoms with E-state index in [1.807, 2.05) is 0 Å². The third-order valence-corrected chi connectivity index (χ3v) is 5.83. The number of amides is 1. The molecule has 0 unspecified atom stereocenters. The van der Waals surface area contributed by atoms with Gasteiger partial charge in [0.25, 0.3) is 0 Å². The van der Waals surface area contributed by atoms with Crippen LogP contribution < -0.4 is 11.5 Å². The summed E-state index contributed by atoms with van der Waals surface area (Å²) in [5, 5.41) is 0. The molecular formula is C21H23ClF4N2O. The Morgan fingerprint density at radius 1 is 0.793 bits per heavy atom. The van der Waals surface area contributed by atoms with Gasteiger partial charge in [-0.2, -0.15) is 0 Å². The van der Waals surface area contributed by atoms with Crippen molar-refractivity contribution in [1.82, 2.24) is 0 Å². The van der Waals surface area contributed by atoms with E-state index < -0.39 is 40.1 Å². The van der Waals surface area contributed by atoms with Crippen molar-refractivity contribution in [3.05, 3.63) is 70.8 Å². The molecule has 8 heteroatoms. The molecule has 0 atom stereocenters. The third kappa shape index (κ3) is 4.41. The highest BCUT2D eigenvalue weighted by Gasteiger charge is 2.46. The minimum atomic E-state index is -0.980. The summed E-state index contributed by atoms with van der Waals surface area (Å²) in [6.45, 7) is 0. The van der Waals surface area contributed by atoms with Gasteiger partial charge in [0.1, 0.15) is 23.3 Å². The monoisotopic (exact) mass is 430 g/mol. The highest BCUT2D eigenvalue weighted by Crippen LogP contribution is 2.44. The summed E-state index contributed by atoms with van der Waals surface area (Å²) in [5.74, 6) is -2.50. The zero-order valence-electron chi connectivity index (χ0n) is 15.7. The van der Waals surface area contributed by atoms with Crippen LogP contribution in [0.15, 0.2) is 36.4 Å². The van der Waals surface area contributed by atoms with Crippen molar-refractivity contribution in [1.29, 1.82) is 0 Å². The highest BCUT2D eigenvalue weighted by molar-refractivity contribution is 5.87. The second-order valence-electron chi connectivity index (χ2n) is 7.56. The second kappa shape index (κ2) is 8.71. The molecule has 2 saturated carbocycles. The smallest absolute Gasteiger partial charge is 0.228 e. The molecule has 0 radical (unpaired) electrons. The molecule has 2 aromatic carbocycles. The number of nitrogens with two attached hydrogens (primary N) is 2. The number of halogens is 5. The van der Waals surface area contributed by atoms with E-state index in [9.17, 15) is 22.4 Å². The molecule has 2 fully saturated rings. The number of primary amides is 1. The van der Waals surface area contributed by atoms with Crippen LogP contribution in [0, 0.1) is 23.3 Å². The van der Waals surface area contributed by atoms with Gasteiger partial charge in [-0.25, -0.2) is 17.6 Å². The minimum Gasteiger partial charge on any atom is -0.369 e. The SMILES string of the molecule is Cl.NC(=O)C1(c2cc(F)ccc2F)CCC1.NC1(c2cc(F)ccc2F)CCC1. The maximum atomic E-state index is 13.5. The van der Waals surface area contributed by atoms with Crippen molar-refractivity contribution >= 4 is 18.3 Å². The van der Waals surface area contributed by atoms with Gasteiger partial charge in [0.2, 0.25) is 5.91 Å². The average Bonchev–Trinajstić information content (AvgIpc) is 2.57. The van der Waals surface area contributed by atoms with Crippen LogP contribution in [0.25, 0.3) is 0 Å². The molecule has 29 heavy (non-hydrogen) atoms. The average molecular weight is 431 g/mol. The van der Waals surface area contributed by atoms with E-state index in [-0.39, 0.29) is 18.0 Å². The summed E-state index contributed by atoms with van der Waals surface area (Å²) in [6, 6.07) is 6.59. The largest absolute Gasteiger partial charge is 0.369 e. The normalized spacial score (nSPS) is 18.2. The van der Waals surface area contributed by atoms with E-state index in [0.29, 0.717) is 18.4 Å². The molecule has 2 aromatic rings. The highest BCUT2D eigenvalue weighted by atomic mass is 35.5. The first-order valence-corrected chi connectivity index (χ1v) is 9.18. The molecule has 3 nitrogen and oxygen atoms in total. The number of rotatable bonds is 3. The van der Waals surface area contributed by atoms with Crippen LogP contribution in [0.2, 0.25) is 0 Å². The van der Waals surface area contributed by atoms with E-state index in [1.54, 1.807) is 0 Å². The zero-order chi connectivity index (χ0) is 20.5. The molecule has 0 saturated heterocycles. The molecule has 2 aliphatic rings. The predicted molar refractivity (Wildman–Crippen MR) is 104 cm³/mol. The Morgan fingerprint density at radius 2 is 1.24 bits per heavy atom. The Kier molecular flexibility index (Phi) is 6.96.